The highest BCUT2D eigenvalue weighted by atomic mass is 79.9. The zero-order valence-electron chi connectivity index (χ0n) is 11.8. The standard InChI is InChI=1S/C15H21BrN2O2/c1-2-18-5-3-4-12(9-18)17-8-11-6-14-15(7-13(11)16)20-10-19-14/h6-7,12,17H,2-5,8-10H2,1H3. The van der Waals surface area contributed by atoms with Crippen LogP contribution in [0.15, 0.2) is 16.6 Å². The zero-order valence-corrected chi connectivity index (χ0v) is 13.4. The van der Waals surface area contributed by atoms with Crippen LogP contribution in [0.25, 0.3) is 0 Å². The Kier molecular flexibility index (Phi) is 4.48. The van der Waals surface area contributed by atoms with Crippen LogP contribution >= 0.6 is 15.9 Å². The second-order valence-corrected chi connectivity index (χ2v) is 6.26. The number of likely N-dealkylation sites (tertiary alicyclic amines) is 1. The largest absolute Gasteiger partial charge is 0.454 e. The maximum Gasteiger partial charge on any atom is 0.231 e. The Hall–Kier alpha value is -0.780. The van der Waals surface area contributed by atoms with Crippen LogP contribution < -0.4 is 14.8 Å². The van der Waals surface area contributed by atoms with E-state index in [-0.39, 0.29) is 0 Å². The van der Waals surface area contributed by atoms with Gasteiger partial charge in [-0.2, -0.15) is 0 Å². The van der Waals surface area contributed by atoms with Crippen LogP contribution in [-0.2, 0) is 6.54 Å². The van der Waals surface area contributed by atoms with Gasteiger partial charge in [-0.25, -0.2) is 0 Å². The normalized spacial score (nSPS) is 22.2. The second kappa shape index (κ2) is 6.33. The van der Waals surface area contributed by atoms with Crippen molar-refractivity contribution in [2.45, 2.75) is 32.4 Å². The van der Waals surface area contributed by atoms with Crippen LogP contribution in [0.3, 0.4) is 0 Å². The average Bonchev–Trinajstić information content (AvgIpc) is 2.92. The van der Waals surface area contributed by atoms with Crippen LogP contribution in [0.2, 0.25) is 0 Å². The topological polar surface area (TPSA) is 33.7 Å². The molecule has 1 N–H and O–H groups in total. The molecule has 3 rings (SSSR count). The van der Waals surface area contributed by atoms with Gasteiger partial charge in [0, 0.05) is 23.6 Å². The fourth-order valence-corrected chi connectivity index (χ4v) is 3.32. The van der Waals surface area contributed by atoms with Crippen molar-refractivity contribution in [1.29, 1.82) is 0 Å². The van der Waals surface area contributed by atoms with E-state index >= 15 is 0 Å². The molecule has 2 aliphatic heterocycles. The lowest BCUT2D eigenvalue weighted by atomic mass is 10.1. The van der Waals surface area contributed by atoms with Crippen molar-refractivity contribution in [3.05, 3.63) is 22.2 Å². The molecule has 0 aliphatic carbocycles. The fourth-order valence-electron chi connectivity index (χ4n) is 2.86. The van der Waals surface area contributed by atoms with Gasteiger partial charge in [0.15, 0.2) is 11.5 Å². The van der Waals surface area contributed by atoms with E-state index in [4.69, 9.17) is 9.47 Å². The molecule has 1 aromatic carbocycles. The first kappa shape index (κ1) is 14.2. The zero-order chi connectivity index (χ0) is 13.9. The van der Waals surface area contributed by atoms with Crippen molar-refractivity contribution in [1.82, 2.24) is 10.2 Å². The number of hydrogen-bond acceptors (Lipinski definition) is 4. The highest BCUT2D eigenvalue weighted by Gasteiger charge is 2.20. The lowest BCUT2D eigenvalue weighted by molar-refractivity contribution is 0.174. The number of rotatable bonds is 4. The van der Waals surface area contributed by atoms with Crippen LogP contribution in [0, 0.1) is 0 Å². The van der Waals surface area contributed by atoms with Crippen molar-refractivity contribution in [2.24, 2.45) is 0 Å². The monoisotopic (exact) mass is 340 g/mol. The predicted octanol–water partition coefficient (Wildman–Crippen LogP) is 2.75. The summed E-state index contributed by atoms with van der Waals surface area (Å²) in [5.74, 6) is 1.68. The van der Waals surface area contributed by atoms with Gasteiger partial charge in [-0.15, -0.1) is 0 Å². The Morgan fingerprint density at radius 3 is 2.95 bits per heavy atom. The molecule has 110 valence electrons. The number of benzene rings is 1. The fraction of sp³-hybridized carbons (Fsp3) is 0.600. The molecular formula is C15H21BrN2O2. The Balaban J connectivity index is 1.61. The van der Waals surface area contributed by atoms with E-state index < -0.39 is 0 Å². The molecule has 20 heavy (non-hydrogen) atoms. The molecule has 4 nitrogen and oxygen atoms in total. The van der Waals surface area contributed by atoms with Crippen LogP contribution in [0.5, 0.6) is 11.5 Å². The van der Waals surface area contributed by atoms with Gasteiger partial charge in [-0.1, -0.05) is 22.9 Å². The molecule has 2 aliphatic rings. The summed E-state index contributed by atoms with van der Waals surface area (Å²) in [5.41, 5.74) is 1.22. The van der Waals surface area contributed by atoms with E-state index in [1.54, 1.807) is 0 Å². The smallest absolute Gasteiger partial charge is 0.231 e. The van der Waals surface area contributed by atoms with Gasteiger partial charge < -0.3 is 19.7 Å². The number of hydrogen-bond donors (Lipinski definition) is 1. The lowest BCUT2D eigenvalue weighted by Crippen LogP contribution is -2.45. The Labute approximate surface area is 128 Å². The second-order valence-electron chi connectivity index (χ2n) is 5.41. The van der Waals surface area contributed by atoms with Crippen LogP contribution in [0.4, 0.5) is 0 Å². The van der Waals surface area contributed by atoms with Gasteiger partial charge in [0.05, 0.1) is 0 Å². The van der Waals surface area contributed by atoms with Crippen LogP contribution in [0.1, 0.15) is 25.3 Å². The minimum atomic E-state index is 0.326. The number of ether oxygens (including phenoxy) is 2. The Morgan fingerprint density at radius 1 is 1.35 bits per heavy atom. The number of piperidine rings is 1. The molecule has 5 heteroatoms. The third kappa shape index (κ3) is 3.10. The molecule has 1 aromatic rings. The number of likely N-dealkylation sites (N-methyl/N-ethyl adjacent to an activating group) is 1. The highest BCUT2D eigenvalue weighted by molar-refractivity contribution is 9.10. The minimum absolute atomic E-state index is 0.326. The van der Waals surface area contributed by atoms with E-state index in [9.17, 15) is 0 Å². The summed E-state index contributed by atoms with van der Waals surface area (Å²) in [6, 6.07) is 4.65. The molecule has 0 radical (unpaired) electrons. The van der Waals surface area contributed by atoms with Crippen molar-refractivity contribution in [3.8, 4) is 11.5 Å². The molecule has 1 unspecified atom stereocenters. The first-order valence-electron chi connectivity index (χ1n) is 7.30. The first-order valence-corrected chi connectivity index (χ1v) is 8.09. The maximum atomic E-state index is 5.44. The maximum absolute atomic E-state index is 5.44. The summed E-state index contributed by atoms with van der Waals surface area (Å²) in [7, 11) is 0. The van der Waals surface area contributed by atoms with Gasteiger partial charge in [0.1, 0.15) is 0 Å². The first-order chi connectivity index (χ1) is 9.76. The molecule has 0 aromatic heterocycles. The van der Waals surface area contributed by atoms with Gasteiger partial charge in [0.2, 0.25) is 6.79 Å². The number of fused-ring (bicyclic) bond motifs is 1. The molecule has 2 heterocycles. The van der Waals surface area contributed by atoms with Crippen molar-refractivity contribution >= 4 is 15.9 Å². The number of nitrogens with one attached hydrogen (secondary N) is 1. The summed E-state index contributed by atoms with van der Waals surface area (Å²) in [5, 5.41) is 3.67. The third-order valence-electron chi connectivity index (χ3n) is 4.08. The molecular weight excluding hydrogens is 320 g/mol. The SMILES string of the molecule is CCN1CCCC(NCc2cc3c(cc2Br)OCO3)C1. The molecule has 0 saturated carbocycles. The molecule has 0 spiro atoms. The molecule has 1 saturated heterocycles. The lowest BCUT2D eigenvalue weighted by Gasteiger charge is -2.32. The predicted molar refractivity (Wildman–Crippen MR) is 82.2 cm³/mol. The quantitative estimate of drug-likeness (QED) is 0.913. The van der Waals surface area contributed by atoms with Gasteiger partial charge in [-0.05, 0) is 43.6 Å². The van der Waals surface area contributed by atoms with E-state index in [2.05, 4.69) is 39.1 Å². The van der Waals surface area contributed by atoms with Gasteiger partial charge in [-0.3, -0.25) is 0 Å². The Morgan fingerprint density at radius 2 is 2.15 bits per heavy atom. The van der Waals surface area contributed by atoms with Crippen LogP contribution in [-0.4, -0.2) is 37.4 Å². The number of nitrogens with zero attached hydrogens (tertiary/aromatic N) is 1. The van der Waals surface area contributed by atoms with Crippen molar-refractivity contribution < 1.29 is 9.47 Å². The minimum Gasteiger partial charge on any atom is -0.454 e. The summed E-state index contributed by atoms with van der Waals surface area (Å²) in [6.45, 7) is 6.95. The van der Waals surface area contributed by atoms with Crippen molar-refractivity contribution in [3.63, 3.8) is 0 Å². The van der Waals surface area contributed by atoms with E-state index in [0.29, 0.717) is 12.8 Å². The average molecular weight is 341 g/mol. The van der Waals surface area contributed by atoms with Gasteiger partial charge >= 0.3 is 0 Å². The van der Waals surface area contributed by atoms with E-state index in [0.717, 1.165) is 35.6 Å². The molecule has 1 atom stereocenters. The molecule has 0 bridgehead atoms. The number of halogens is 1. The summed E-state index contributed by atoms with van der Waals surface area (Å²) in [6.07, 6.45) is 2.55. The van der Waals surface area contributed by atoms with E-state index in [1.807, 2.05) is 6.07 Å². The van der Waals surface area contributed by atoms with Gasteiger partial charge in [0.25, 0.3) is 0 Å². The summed E-state index contributed by atoms with van der Waals surface area (Å²) < 4.78 is 11.9. The van der Waals surface area contributed by atoms with E-state index in [1.165, 1.54) is 24.9 Å². The third-order valence-corrected chi connectivity index (χ3v) is 4.81. The molecule has 0 amide bonds. The summed E-state index contributed by atoms with van der Waals surface area (Å²) >= 11 is 3.61. The Bertz CT molecular complexity index is 481. The molecule has 1 fully saturated rings. The highest BCUT2D eigenvalue weighted by Crippen LogP contribution is 2.36. The summed E-state index contributed by atoms with van der Waals surface area (Å²) in [4.78, 5) is 2.51. The van der Waals surface area contributed by atoms with Crippen molar-refractivity contribution in [2.75, 3.05) is 26.4 Å².